The van der Waals surface area contributed by atoms with Crippen molar-refractivity contribution in [2.75, 3.05) is 32.4 Å². The Hall–Kier alpha value is -4.30. The summed E-state index contributed by atoms with van der Waals surface area (Å²) in [5.41, 5.74) is 12.2. The number of ether oxygens (including phenoxy) is 1. The summed E-state index contributed by atoms with van der Waals surface area (Å²) in [6.45, 7) is 6.49. The molecule has 0 bridgehead atoms. The minimum absolute atomic E-state index is 0.0686. The number of esters is 1. The van der Waals surface area contributed by atoms with Gasteiger partial charge in [-0.3, -0.25) is 14.4 Å². The van der Waals surface area contributed by atoms with E-state index >= 15 is 0 Å². The lowest BCUT2D eigenvalue weighted by Crippen LogP contribution is -2.56. The second-order valence-corrected chi connectivity index (χ2v) is 15.9. The Morgan fingerprint density at radius 1 is 0.960 bits per heavy atom. The van der Waals surface area contributed by atoms with Crippen molar-refractivity contribution in [3.63, 3.8) is 0 Å². The number of hydrogen-bond donors (Lipinski definition) is 2. The minimum atomic E-state index is -3.86. The number of primary amides is 1. The molecule has 0 aromatic heterocycles. The Bertz CT molecular complexity index is 1640. The lowest BCUT2D eigenvalue weighted by molar-refractivity contribution is -0.140. The van der Waals surface area contributed by atoms with E-state index < -0.39 is 57.3 Å². The van der Waals surface area contributed by atoms with Gasteiger partial charge in [-0.25, -0.2) is 13.2 Å². The van der Waals surface area contributed by atoms with Gasteiger partial charge in [-0.15, -0.1) is 0 Å². The zero-order valence-corrected chi connectivity index (χ0v) is 30.2. The van der Waals surface area contributed by atoms with Gasteiger partial charge in [0.05, 0.1) is 11.8 Å². The van der Waals surface area contributed by atoms with Crippen LogP contribution < -0.4 is 11.5 Å². The SMILES string of the molecule is CC(CC(C)(C)C(=O)N=C(N)N1CCC(CN([C@H](Cc2ccccc2)C(=O)N2CCC[C@H]2C(N)=O)S(C)(=O)=O)CC1)OC(=O)c1ccccc1. The van der Waals surface area contributed by atoms with Crippen LogP contribution in [0.2, 0.25) is 0 Å². The summed E-state index contributed by atoms with van der Waals surface area (Å²) in [4.78, 5) is 59.3. The molecule has 13 nitrogen and oxygen atoms in total. The molecule has 2 aromatic carbocycles. The van der Waals surface area contributed by atoms with Gasteiger partial charge in [0.15, 0.2) is 5.96 Å². The highest BCUT2D eigenvalue weighted by Gasteiger charge is 2.42. The zero-order chi connectivity index (χ0) is 36.6. The number of carbonyl (C=O) groups is 4. The quantitative estimate of drug-likeness (QED) is 0.179. The first-order chi connectivity index (χ1) is 23.6. The van der Waals surface area contributed by atoms with Crippen LogP contribution in [0.15, 0.2) is 65.7 Å². The van der Waals surface area contributed by atoms with Crippen molar-refractivity contribution < 1.29 is 32.3 Å². The largest absolute Gasteiger partial charge is 0.459 e. The number of hydrogen-bond acceptors (Lipinski definition) is 7. The average molecular weight is 711 g/mol. The summed E-state index contributed by atoms with van der Waals surface area (Å²) in [6, 6.07) is 16.0. The molecule has 4 N–H and O–H groups in total. The summed E-state index contributed by atoms with van der Waals surface area (Å²) in [7, 11) is -3.86. The van der Waals surface area contributed by atoms with Gasteiger partial charge in [0.2, 0.25) is 21.8 Å². The van der Waals surface area contributed by atoms with Crippen molar-refractivity contribution in [1.29, 1.82) is 0 Å². The Kier molecular flexibility index (Phi) is 12.8. The normalized spacial score (nSPS) is 18.9. The highest BCUT2D eigenvalue weighted by molar-refractivity contribution is 7.88. The third kappa shape index (κ3) is 10.1. The molecule has 0 aliphatic carbocycles. The molecule has 0 saturated carbocycles. The molecule has 4 rings (SSSR count). The first-order valence-electron chi connectivity index (χ1n) is 17.1. The second-order valence-electron chi connectivity index (χ2n) is 14.0. The monoisotopic (exact) mass is 710 g/mol. The van der Waals surface area contributed by atoms with Crippen LogP contribution in [0.5, 0.6) is 0 Å². The summed E-state index contributed by atoms with van der Waals surface area (Å²) in [5, 5.41) is 0. The highest BCUT2D eigenvalue weighted by atomic mass is 32.2. The molecule has 2 heterocycles. The van der Waals surface area contributed by atoms with Crippen LogP contribution in [0.4, 0.5) is 0 Å². The number of carbonyl (C=O) groups excluding carboxylic acids is 4. The van der Waals surface area contributed by atoms with E-state index in [4.69, 9.17) is 16.2 Å². The number of benzene rings is 2. The molecule has 0 radical (unpaired) electrons. The molecule has 3 atom stereocenters. The molecular formula is C36H50N6O7S. The van der Waals surface area contributed by atoms with Gasteiger partial charge in [0.25, 0.3) is 5.91 Å². The topological polar surface area (TPSA) is 186 Å². The van der Waals surface area contributed by atoms with Crippen molar-refractivity contribution in [3.05, 3.63) is 71.8 Å². The second kappa shape index (κ2) is 16.6. The predicted octanol–water partition coefficient (Wildman–Crippen LogP) is 2.55. The minimum Gasteiger partial charge on any atom is -0.459 e. The number of aliphatic imine (C=N–C) groups is 1. The van der Waals surface area contributed by atoms with Gasteiger partial charge in [0, 0.05) is 31.6 Å². The highest BCUT2D eigenvalue weighted by Crippen LogP contribution is 2.28. The average Bonchev–Trinajstić information content (AvgIpc) is 3.57. The molecule has 2 aromatic rings. The Morgan fingerprint density at radius 2 is 1.56 bits per heavy atom. The number of likely N-dealkylation sites (tertiary alicyclic amines) is 2. The maximum atomic E-state index is 14.0. The van der Waals surface area contributed by atoms with Gasteiger partial charge in [-0.2, -0.15) is 9.30 Å². The molecule has 50 heavy (non-hydrogen) atoms. The van der Waals surface area contributed by atoms with E-state index in [0.717, 1.165) is 11.8 Å². The molecule has 14 heteroatoms. The van der Waals surface area contributed by atoms with E-state index in [1.807, 2.05) is 30.3 Å². The van der Waals surface area contributed by atoms with E-state index in [0.29, 0.717) is 50.9 Å². The van der Waals surface area contributed by atoms with Gasteiger partial charge < -0.3 is 26.0 Å². The van der Waals surface area contributed by atoms with Crippen molar-refractivity contribution in [1.82, 2.24) is 14.1 Å². The summed E-state index contributed by atoms with van der Waals surface area (Å²) >= 11 is 0. The molecule has 2 saturated heterocycles. The Labute approximate surface area is 295 Å². The fourth-order valence-electron chi connectivity index (χ4n) is 6.76. The van der Waals surface area contributed by atoms with Crippen LogP contribution in [0, 0.1) is 11.3 Å². The molecule has 2 aliphatic heterocycles. The third-order valence-electron chi connectivity index (χ3n) is 9.48. The molecule has 1 unspecified atom stereocenters. The first kappa shape index (κ1) is 38.5. The molecular weight excluding hydrogens is 660 g/mol. The van der Waals surface area contributed by atoms with Crippen LogP contribution in [-0.4, -0.2) is 103 Å². The standard InChI is InChI=1S/C36H50N6O7S/c1-25(49-33(45)28-14-9-6-10-15-28)23-36(2,3)34(46)39-35(38)40-20-17-27(18-21-40)24-42(50(4,47)48)30(22-26-12-7-5-8-13-26)32(44)41-19-11-16-29(41)31(37)43/h5-10,12-15,25,27,29-30H,11,16-24H2,1-4H3,(H2,37,43)(H2,38,39,46)/t25?,29-,30+/m0/s1. The maximum Gasteiger partial charge on any atom is 0.338 e. The van der Waals surface area contributed by atoms with Gasteiger partial charge in [-0.1, -0.05) is 62.4 Å². The number of piperidine rings is 1. The number of rotatable bonds is 13. The third-order valence-corrected chi connectivity index (χ3v) is 10.7. The van der Waals surface area contributed by atoms with Crippen molar-refractivity contribution >= 4 is 39.7 Å². The lowest BCUT2D eigenvalue weighted by atomic mass is 9.86. The van der Waals surface area contributed by atoms with E-state index in [1.165, 1.54) is 9.21 Å². The summed E-state index contributed by atoms with van der Waals surface area (Å²) in [5.74, 6) is -1.98. The zero-order valence-electron chi connectivity index (χ0n) is 29.4. The number of nitrogens with zero attached hydrogens (tertiary/aromatic N) is 4. The van der Waals surface area contributed by atoms with Crippen molar-refractivity contribution in [2.45, 2.75) is 77.5 Å². The molecule has 2 fully saturated rings. The van der Waals surface area contributed by atoms with E-state index in [2.05, 4.69) is 4.99 Å². The van der Waals surface area contributed by atoms with Gasteiger partial charge in [-0.05, 0) is 69.1 Å². The van der Waals surface area contributed by atoms with Crippen molar-refractivity contribution in [2.24, 2.45) is 27.8 Å². The van der Waals surface area contributed by atoms with E-state index in [1.54, 1.807) is 56.0 Å². The fourth-order valence-corrected chi connectivity index (χ4v) is 7.87. The number of amides is 3. The number of guanidine groups is 1. The smallest absolute Gasteiger partial charge is 0.338 e. The molecule has 272 valence electrons. The van der Waals surface area contributed by atoms with Crippen LogP contribution in [-0.2, 0) is 35.6 Å². The molecule has 2 aliphatic rings. The Morgan fingerprint density at radius 3 is 2.14 bits per heavy atom. The maximum absolute atomic E-state index is 14.0. The predicted molar refractivity (Wildman–Crippen MR) is 190 cm³/mol. The van der Waals surface area contributed by atoms with E-state index in [9.17, 15) is 27.6 Å². The van der Waals surface area contributed by atoms with Crippen LogP contribution in [0.25, 0.3) is 0 Å². The van der Waals surface area contributed by atoms with Crippen molar-refractivity contribution in [3.8, 4) is 0 Å². The number of nitrogens with two attached hydrogens (primary N) is 2. The van der Waals surface area contributed by atoms with Gasteiger partial charge >= 0.3 is 5.97 Å². The van der Waals surface area contributed by atoms with E-state index in [-0.39, 0.29) is 31.3 Å². The van der Waals surface area contributed by atoms with Gasteiger partial charge in [0.1, 0.15) is 18.2 Å². The molecule has 3 amide bonds. The summed E-state index contributed by atoms with van der Waals surface area (Å²) < 4.78 is 33.5. The lowest BCUT2D eigenvalue weighted by Gasteiger charge is -2.38. The van der Waals surface area contributed by atoms with Crippen LogP contribution >= 0.6 is 0 Å². The van der Waals surface area contributed by atoms with Crippen LogP contribution in [0.3, 0.4) is 0 Å². The molecule has 0 spiro atoms. The van der Waals surface area contributed by atoms with Crippen LogP contribution in [0.1, 0.15) is 68.8 Å². The summed E-state index contributed by atoms with van der Waals surface area (Å²) in [6.07, 6.45) is 3.09. The number of sulfonamides is 1. The first-order valence-corrected chi connectivity index (χ1v) is 18.9. The fraction of sp³-hybridized carbons (Fsp3) is 0.528. The Balaban J connectivity index is 1.41.